The van der Waals surface area contributed by atoms with E-state index in [4.69, 9.17) is 21.1 Å². The molecule has 1 aliphatic carbocycles. The standard InChI is InChI=1S/C29H39ClN2O4/c1-4-18-36-25-15-12-23(19-26(25)35-3)28(29(34)31-24-13-10-21(2)11-14-24)32(27(33)20-30)17-16-22-8-6-5-7-9-22/h5-9,12,15,19,21,24,28H,4,10-11,13-14,16-18,20H2,1-3H3,(H,31,34)/t21?,24?,28-/m1/s1. The van der Waals surface area contributed by atoms with Gasteiger partial charge in [0.1, 0.15) is 11.9 Å². The number of rotatable bonds is 12. The molecule has 0 aliphatic heterocycles. The van der Waals surface area contributed by atoms with E-state index in [-0.39, 0.29) is 23.7 Å². The van der Waals surface area contributed by atoms with Crippen molar-refractivity contribution < 1.29 is 19.1 Å². The number of alkyl halides is 1. The predicted molar refractivity (Wildman–Crippen MR) is 144 cm³/mol. The summed E-state index contributed by atoms with van der Waals surface area (Å²) in [5.74, 6) is 1.15. The summed E-state index contributed by atoms with van der Waals surface area (Å²) >= 11 is 6.05. The highest BCUT2D eigenvalue weighted by Crippen LogP contribution is 2.33. The van der Waals surface area contributed by atoms with Gasteiger partial charge in [-0.15, -0.1) is 11.6 Å². The zero-order valence-corrected chi connectivity index (χ0v) is 22.4. The zero-order valence-electron chi connectivity index (χ0n) is 21.7. The Bertz CT molecular complexity index is 976. The fraction of sp³-hybridized carbons (Fsp3) is 0.517. The van der Waals surface area contributed by atoms with Gasteiger partial charge < -0.3 is 19.7 Å². The smallest absolute Gasteiger partial charge is 0.247 e. The minimum absolute atomic E-state index is 0.104. The molecule has 0 heterocycles. The molecule has 36 heavy (non-hydrogen) atoms. The third-order valence-corrected chi connectivity index (χ3v) is 7.03. The molecule has 0 bridgehead atoms. The maximum absolute atomic E-state index is 13.8. The van der Waals surface area contributed by atoms with Crippen LogP contribution in [-0.4, -0.2) is 48.9 Å². The summed E-state index contributed by atoms with van der Waals surface area (Å²) < 4.78 is 11.4. The molecule has 2 amide bonds. The van der Waals surface area contributed by atoms with Crippen LogP contribution in [0.3, 0.4) is 0 Å². The molecule has 1 fully saturated rings. The lowest BCUT2D eigenvalue weighted by Crippen LogP contribution is -2.48. The highest BCUT2D eigenvalue weighted by atomic mass is 35.5. The summed E-state index contributed by atoms with van der Waals surface area (Å²) in [6, 6.07) is 14.7. The second kappa shape index (κ2) is 14.1. The number of ether oxygens (including phenoxy) is 2. The minimum atomic E-state index is -0.826. The van der Waals surface area contributed by atoms with Crippen LogP contribution in [0.15, 0.2) is 48.5 Å². The maximum atomic E-state index is 13.8. The molecular weight excluding hydrogens is 476 g/mol. The van der Waals surface area contributed by atoms with Gasteiger partial charge in [0.05, 0.1) is 13.7 Å². The predicted octanol–water partition coefficient (Wildman–Crippen LogP) is 5.53. The number of amides is 2. The number of hydrogen-bond acceptors (Lipinski definition) is 4. The topological polar surface area (TPSA) is 67.9 Å². The Morgan fingerprint density at radius 2 is 1.81 bits per heavy atom. The SMILES string of the molecule is CCCOc1ccc([C@H](C(=O)NC2CCC(C)CC2)N(CCc2ccccc2)C(=O)CCl)cc1OC. The van der Waals surface area contributed by atoms with Crippen LogP contribution >= 0.6 is 11.6 Å². The summed E-state index contributed by atoms with van der Waals surface area (Å²) in [5.41, 5.74) is 1.76. The summed E-state index contributed by atoms with van der Waals surface area (Å²) in [4.78, 5) is 28.5. The summed E-state index contributed by atoms with van der Waals surface area (Å²) in [6.07, 6.45) is 5.55. The molecule has 0 spiro atoms. The van der Waals surface area contributed by atoms with E-state index in [0.29, 0.717) is 42.6 Å². The number of nitrogens with one attached hydrogen (secondary N) is 1. The van der Waals surface area contributed by atoms with Crippen LogP contribution in [0.2, 0.25) is 0 Å². The van der Waals surface area contributed by atoms with Gasteiger partial charge in [0.2, 0.25) is 11.8 Å². The lowest BCUT2D eigenvalue weighted by Gasteiger charge is -2.34. The van der Waals surface area contributed by atoms with Gasteiger partial charge in [-0.3, -0.25) is 9.59 Å². The largest absolute Gasteiger partial charge is 0.493 e. The highest BCUT2D eigenvalue weighted by molar-refractivity contribution is 6.27. The van der Waals surface area contributed by atoms with Crippen molar-refractivity contribution in [3.05, 3.63) is 59.7 Å². The molecule has 7 heteroatoms. The number of carbonyl (C=O) groups excluding carboxylic acids is 2. The average molecular weight is 515 g/mol. The van der Waals surface area contributed by atoms with Crippen LogP contribution in [0.25, 0.3) is 0 Å². The van der Waals surface area contributed by atoms with E-state index in [1.807, 2.05) is 49.4 Å². The zero-order chi connectivity index (χ0) is 25.9. The first-order valence-electron chi connectivity index (χ1n) is 13.0. The highest BCUT2D eigenvalue weighted by Gasteiger charge is 2.33. The summed E-state index contributed by atoms with van der Waals surface area (Å²) in [5, 5.41) is 3.23. The van der Waals surface area contributed by atoms with E-state index in [9.17, 15) is 9.59 Å². The van der Waals surface area contributed by atoms with Gasteiger partial charge >= 0.3 is 0 Å². The Kier molecular flexibility index (Phi) is 10.9. The molecule has 1 N–H and O–H groups in total. The van der Waals surface area contributed by atoms with Crippen molar-refractivity contribution in [2.45, 2.75) is 64.5 Å². The molecule has 3 rings (SSSR count). The monoisotopic (exact) mass is 514 g/mol. The van der Waals surface area contributed by atoms with Crippen LogP contribution in [0.5, 0.6) is 11.5 Å². The number of halogens is 1. The van der Waals surface area contributed by atoms with E-state index in [0.717, 1.165) is 37.7 Å². The van der Waals surface area contributed by atoms with Crippen LogP contribution in [0.4, 0.5) is 0 Å². The molecule has 0 aromatic heterocycles. The molecule has 6 nitrogen and oxygen atoms in total. The molecule has 0 saturated heterocycles. The number of nitrogens with zero attached hydrogens (tertiary/aromatic N) is 1. The molecule has 1 saturated carbocycles. The summed E-state index contributed by atoms with van der Waals surface area (Å²) in [7, 11) is 1.58. The number of benzene rings is 2. The lowest BCUT2D eigenvalue weighted by atomic mass is 9.87. The number of methoxy groups -OCH3 is 1. The van der Waals surface area contributed by atoms with Crippen molar-refractivity contribution in [3.63, 3.8) is 0 Å². The second-order valence-corrected chi connectivity index (χ2v) is 9.85. The van der Waals surface area contributed by atoms with Gasteiger partial charge in [0.25, 0.3) is 0 Å². The quantitative estimate of drug-likeness (QED) is 0.378. The van der Waals surface area contributed by atoms with Gasteiger partial charge in [-0.2, -0.15) is 0 Å². The van der Waals surface area contributed by atoms with E-state index < -0.39 is 6.04 Å². The molecule has 1 aliphatic rings. The van der Waals surface area contributed by atoms with Crippen molar-refractivity contribution >= 4 is 23.4 Å². The molecular formula is C29H39ClN2O4. The average Bonchev–Trinajstić information content (AvgIpc) is 2.91. The van der Waals surface area contributed by atoms with Gasteiger partial charge in [-0.25, -0.2) is 0 Å². The van der Waals surface area contributed by atoms with Crippen molar-refractivity contribution in [2.75, 3.05) is 26.1 Å². The second-order valence-electron chi connectivity index (χ2n) is 9.58. The van der Waals surface area contributed by atoms with Crippen molar-refractivity contribution in [1.29, 1.82) is 0 Å². The normalized spacial score (nSPS) is 18.2. The fourth-order valence-electron chi connectivity index (χ4n) is 4.71. The molecule has 1 atom stereocenters. The molecule has 2 aromatic rings. The Morgan fingerprint density at radius 3 is 2.44 bits per heavy atom. The molecule has 196 valence electrons. The van der Waals surface area contributed by atoms with Crippen LogP contribution < -0.4 is 14.8 Å². The Hall–Kier alpha value is -2.73. The van der Waals surface area contributed by atoms with Gasteiger partial charge in [0, 0.05) is 12.6 Å². The Balaban J connectivity index is 1.93. The van der Waals surface area contributed by atoms with Crippen LogP contribution in [0.1, 0.15) is 63.1 Å². The first-order valence-corrected chi connectivity index (χ1v) is 13.5. The lowest BCUT2D eigenvalue weighted by molar-refractivity contribution is -0.139. The first kappa shape index (κ1) is 27.9. The van der Waals surface area contributed by atoms with Gasteiger partial charge in [-0.1, -0.05) is 50.2 Å². The van der Waals surface area contributed by atoms with E-state index in [1.165, 1.54) is 0 Å². The van der Waals surface area contributed by atoms with Crippen molar-refractivity contribution in [3.8, 4) is 11.5 Å². The first-order chi connectivity index (χ1) is 17.5. The van der Waals surface area contributed by atoms with Crippen LogP contribution in [0, 0.1) is 5.92 Å². The fourth-order valence-corrected chi connectivity index (χ4v) is 4.87. The third-order valence-electron chi connectivity index (χ3n) is 6.81. The number of hydrogen-bond donors (Lipinski definition) is 1. The van der Waals surface area contributed by atoms with Gasteiger partial charge in [0.15, 0.2) is 11.5 Å². The van der Waals surface area contributed by atoms with E-state index in [1.54, 1.807) is 18.1 Å². The number of carbonyl (C=O) groups is 2. The molecule has 0 radical (unpaired) electrons. The van der Waals surface area contributed by atoms with Crippen molar-refractivity contribution in [1.82, 2.24) is 10.2 Å². The Labute approximate surface area is 220 Å². The van der Waals surface area contributed by atoms with E-state index >= 15 is 0 Å². The van der Waals surface area contributed by atoms with Crippen LogP contribution in [-0.2, 0) is 16.0 Å². The van der Waals surface area contributed by atoms with Gasteiger partial charge in [-0.05, 0) is 67.7 Å². The molecule has 0 unspecified atom stereocenters. The Morgan fingerprint density at radius 1 is 1.08 bits per heavy atom. The third kappa shape index (κ3) is 7.63. The van der Waals surface area contributed by atoms with Crippen molar-refractivity contribution in [2.24, 2.45) is 5.92 Å². The maximum Gasteiger partial charge on any atom is 0.247 e. The summed E-state index contributed by atoms with van der Waals surface area (Å²) in [6.45, 7) is 5.22. The molecule has 2 aromatic carbocycles. The van der Waals surface area contributed by atoms with E-state index in [2.05, 4.69) is 12.2 Å². The minimum Gasteiger partial charge on any atom is -0.493 e.